The van der Waals surface area contributed by atoms with Crippen LogP contribution in [0.1, 0.15) is 42.1 Å². The number of hydrogen-bond acceptors (Lipinski definition) is 5. The second-order valence-electron chi connectivity index (χ2n) is 6.84. The molecule has 3 rings (SSSR count). The lowest BCUT2D eigenvalue weighted by atomic mass is 9.88. The van der Waals surface area contributed by atoms with Gasteiger partial charge in [0.25, 0.3) is 0 Å². The Morgan fingerprint density at radius 2 is 2.00 bits per heavy atom. The number of urea groups is 1. The van der Waals surface area contributed by atoms with Crippen molar-refractivity contribution in [3.05, 3.63) is 70.7 Å². The quantitative estimate of drug-likeness (QED) is 0.665. The van der Waals surface area contributed by atoms with Crippen molar-refractivity contribution in [3.8, 4) is 6.07 Å². The molecule has 0 saturated heterocycles. The Morgan fingerprint density at radius 1 is 1.23 bits per heavy atom. The number of nitrogens with zero attached hydrogens (tertiary/aromatic N) is 2. The van der Waals surface area contributed by atoms with Crippen LogP contribution in [0.4, 0.5) is 23.7 Å². The minimum Gasteiger partial charge on any atom is -0.512 e. The average molecular weight is 430 g/mol. The Labute approximate surface area is 175 Å². The van der Waals surface area contributed by atoms with Crippen molar-refractivity contribution >= 4 is 17.5 Å². The third kappa shape index (κ3) is 5.19. The number of amides is 2. The molecule has 0 bridgehead atoms. The Bertz CT molecular complexity index is 1070. The zero-order chi connectivity index (χ0) is 22.6. The Morgan fingerprint density at radius 3 is 2.61 bits per heavy atom. The number of anilines is 1. The molecular weight excluding hydrogens is 413 g/mol. The lowest BCUT2D eigenvalue weighted by Crippen LogP contribution is -2.36. The summed E-state index contributed by atoms with van der Waals surface area (Å²) in [6, 6.07) is 6.82. The molecule has 160 valence electrons. The maximum atomic E-state index is 12.9. The van der Waals surface area contributed by atoms with Gasteiger partial charge in [0.1, 0.15) is 17.5 Å². The van der Waals surface area contributed by atoms with Crippen LogP contribution in [-0.2, 0) is 11.0 Å². The molecule has 0 fully saturated rings. The molecule has 1 heterocycles. The highest BCUT2D eigenvalue weighted by Crippen LogP contribution is 2.32. The molecule has 0 spiro atoms. The molecule has 31 heavy (non-hydrogen) atoms. The number of nitriles is 1. The number of hydrogen-bond donors (Lipinski definition) is 3. The molecular formula is C21H17F3N4O3. The fourth-order valence-corrected chi connectivity index (χ4v) is 3.21. The first-order valence-electron chi connectivity index (χ1n) is 9.25. The van der Waals surface area contributed by atoms with Crippen molar-refractivity contribution in [3.63, 3.8) is 0 Å². The molecule has 0 aliphatic heterocycles. The number of alkyl halides is 3. The van der Waals surface area contributed by atoms with Crippen LogP contribution < -0.4 is 10.6 Å². The monoisotopic (exact) mass is 430 g/mol. The molecule has 1 aromatic heterocycles. The van der Waals surface area contributed by atoms with E-state index in [1.165, 1.54) is 24.4 Å². The fourth-order valence-electron chi connectivity index (χ4n) is 3.21. The smallest absolute Gasteiger partial charge is 0.416 e. The van der Waals surface area contributed by atoms with Gasteiger partial charge in [-0.3, -0.25) is 4.79 Å². The van der Waals surface area contributed by atoms with E-state index in [0.29, 0.717) is 12.0 Å². The van der Waals surface area contributed by atoms with Crippen LogP contribution in [0.5, 0.6) is 0 Å². The first-order valence-corrected chi connectivity index (χ1v) is 9.25. The zero-order valence-corrected chi connectivity index (χ0v) is 16.0. The van der Waals surface area contributed by atoms with Gasteiger partial charge in [-0.1, -0.05) is 12.1 Å². The summed E-state index contributed by atoms with van der Waals surface area (Å²) in [4.78, 5) is 28.9. The number of pyridine rings is 1. The van der Waals surface area contributed by atoms with Gasteiger partial charge >= 0.3 is 12.2 Å². The van der Waals surface area contributed by atoms with Crippen LogP contribution in [0.2, 0.25) is 0 Å². The third-order valence-corrected chi connectivity index (χ3v) is 4.67. The first-order chi connectivity index (χ1) is 14.7. The van der Waals surface area contributed by atoms with E-state index in [2.05, 4.69) is 15.6 Å². The van der Waals surface area contributed by atoms with Crippen molar-refractivity contribution in [2.45, 2.75) is 31.5 Å². The van der Waals surface area contributed by atoms with Gasteiger partial charge in [-0.05, 0) is 36.2 Å². The molecule has 0 radical (unpaired) electrons. The molecule has 3 N–H and O–H groups in total. The number of aliphatic hydroxyl groups is 1. The van der Waals surface area contributed by atoms with Gasteiger partial charge in [0.15, 0.2) is 5.78 Å². The summed E-state index contributed by atoms with van der Waals surface area (Å²) in [5.41, 5.74) is -0.603. The lowest BCUT2D eigenvalue weighted by Gasteiger charge is -2.25. The molecule has 1 aromatic carbocycles. The second-order valence-corrected chi connectivity index (χ2v) is 6.84. The van der Waals surface area contributed by atoms with Gasteiger partial charge in [0.2, 0.25) is 0 Å². The van der Waals surface area contributed by atoms with Crippen LogP contribution in [0.15, 0.2) is 53.9 Å². The van der Waals surface area contributed by atoms with Gasteiger partial charge < -0.3 is 15.7 Å². The highest BCUT2D eigenvalue weighted by molar-refractivity contribution is 5.99. The second kappa shape index (κ2) is 8.87. The Balaban J connectivity index is 1.89. The van der Waals surface area contributed by atoms with Crippen molar-refractivity contribution in [1.82, 2.24) is 10.3 Å². The summed E-state index contributed by atoms with van der Waals surface area (Å²) in [6.45, 7) is 0. The van der Waals surface area contributed by atoms with E-state index in [1.54, 1.807) is 0 Å². The number of rotatable bonds is 4. The zero-order valence-electron chi connectivity index (χ0n) is 16.0. The highest BCUT2D eigenvalue weighted by atomic mass is 19.4. The van der Waals surface area contributed by atoms with Gasteiger partial charge in [0.05, 0.1) is 17.2 Å². The van der Waals surface area contributed by atoms with Crippen LogP contribution in [0.25, 0.3) is 0 Å². The topological polar surface area (TPSA) is 115 Å². The number of aliphatic hydroxyl groups excluding tert-OH is 1. The van der Waals surface area contributed by atoms with Crippen LogP contribution in [0.3, 0.4) is 0 Å². The van der Waals surface area contributed by atoms with Gasteiger partial charge in [-0.2, -0.15) is 18.4 Å². The van der Waals surface area contributed by atoms with E-state index >= 15 is 0 Å². The third-order valence-electron chi connectivity index (χ3n) is 4.67. The van der Waals surface area contributed by atoms with E-state index in [4.69, 9.17) is 5.26 Å². The number of allylic oxidation sites excluding steroid dienone is 1. The summed E-state index contributed by atoms with van der Waals surface area (Å²) < 4.78 is 38.7. The minimum absolute atomic E-state index is 0.0167. The van der Waals surface area contributed by atoms with Crippen molar-refractivity contribution < 1.29 is 27.9 Å². The average Bonchev–Trinajstić information content (AvgIpc) is 2.72. The molecule has 0 saturated carbocycles. The number of ketones is 1. The number of Topliss-reactive ketones (excluding diaryl/α,β-unsaturated/α-hetero) is 1. The van der Waals surface area contributed by atoms with Crippen molar-refractivity contribution in [1.29, 1.82) is 5.26 Å². The summed E-state index contributed by atoms with van der Waals surface area (Å²) in [5.74, 6) is -0.539. The number of nitrogens with one attached hydrogen (secondary N) is 2. The largest absolute Gasteiger partial charge is 0.512 e. The van der Waals surface area contributed by atoms with E-state index < -0.39 is 23.8 Å². The molecule has 1 atom stereocenters. The van der Waals surface area contributed by atoms with Crippen molar-refractivity contribution in [2.24, 2.45) is 0 Å². The number of aromatic nitrogens is 1. The molecule has 7 nitrogen and oxygen atoms in total. The van der Waals surface area contributed by atoms with E-state index in [-0.39, 0.29) is 41.3 Å². The van der Waals surface area contributed by atoms with E-state index in [9.17, 15) is 27.9 Å². The lowest BCUT2D eigenvalue weighted by molar-refractivity contribution is -0.137. The highest BCUT2D eigenvalue weighted by Gasteiger charge is 2.32. The molecule has 10 heteroatoms. The van der Waals surface area contributed by atoms with Crippen LogP contribution in [-0.4, -0.2) is 21.9 Å². The van der Waals surface area contributed by atoms with Gasteiger partial charge in [0, 0.05) is 24.7 Å². The summed E-state index contributed by atoms with van der Waals surface area (Å²) in [7, 11) is 0. The Hall–Kier alpha value is -3.87. The predicted octanol–water partition coefficient (Wildman–Crippen LogP) is 4.40. The van der Waals surface area contributed by atoms with Crippen LogP contribution in [0, 0.1) is 11.3 Å². The number of carbonyl (C=O) groups is 2. The summed E-state index contributed by atoms with van der Waals surface area (Å²) in [5, 5.41) is 24.0. The van der Waals surface area contributed by atoms with Gasteiger partial charge in [-0.15, -0.1) is 0 Å². The molecule has 2 amide bonds. The minimum atomic E-state index is -4.57. The SMILES string of the molecule is N#Cc1ccc(C(NC(=O)Nc2cccc(C(F)(F)F)c2)C2=C(O)CCCC2=O)cn1. The van der Waals surface area contributed by atoms with E-state index in [0.717, 1.165) is 18.2 Å². The fraction of sp³-hybridized carbons (Fsp3) is 0.238. The first kappa shape index (κ1) is 21.8. The molecule has 1 unspecified atom stereocenters. The van der Waals surface area contributed by atoms with Crippen LogP contribution >= 0.6 is 0 Å². The van der Waals surface area contributed by atoms with E-state index in [1.807, 2.05) is 6.07 Å². The number of benzene rings is 1. The molecule has 2 aromatic rings. The van der Waals surface area contributed by atoms with Gasteiger partial charge in [-0.25, -0.2) is 9.78 Å². The normalized spacial score (nSPS) is 15.2. The summed E-state index contributed by atoms with van der Waals surface area (Å²) in [6.07, 6.45) is -2.40. The molecule has 1 aliphatic carbocycles. The summed E-state index contributed by atoms with van der Waals surface area (Å²) >= 11 is 0. The standard InChI is InChI=1S/C21H17F3N4O3/c22-21(23,24)13-3-1-4-14(9-13)27-20(31)28-19(12-7-8-15(10-25)26-11-12)18-16(29)5-2-6-17(18)30/h1,3-4,7-9,11,19,29H,2,5-6H2,(H2,27,28,31). The maximum Gasteiger partial charge on any atom is 0.416 e. The number of halogens is 3. The maximum absolute atomic E-state index is 12.9. The predicted molar refractivity (Wildman–Crippen MR) is 104 cm³/mol. The Kier molecular flexibility index (Phi) is 6.25. The number of carbonyl (C=O) groups excluding carboxylic acids is 2. The molecule has 1 aliphatic rings. The van der Waals surface area contributed by atoms with Crippen molar-refractivity contribution in [2.75, 3.05) is 5.32 Å².